The molecule has 2 amide bonds. The van der Waals surface area contributed by atoms with Crippen LogP contribution in [0.4, 0.5) is 4.79 Å². The highest BCUT2D eigenvalue weighted by Crippen LogP contribution is 2.16. The summed E-state index contributed by atoms with van der Waals surface area (Å²) in [5, 5.41) is 5.79. The van der Waals surface area contributed by atoms with Crippen molar-refractivity contribution in [3.8, 4) is 0 Å². The summed E-state index contributed by atoms with van der Waals surface area (Å²) < 4.78 is 5.35. The number of benzene rings is 1. The zero-order chi connectivity index (χ0) is 18.4. The van der Waals surface area contributed by atoms with E-state index in [-0.39, 0.29) is 23.1 Å². The maximum atomic E-state index is 12.2. The van der Waals surface area contributed by atoms with E-state index in [9.17, 15) is 9.59 Å². The topological polar surface area (TPSA) is 67.4 Å². The Morgan fingerprint density at radius 1 is 1.04 bits per heavy atom. The summed E-state index contributed by atoms with van der Waals surface area (Å²) in [6, 6.07) is 9.13. The molecule has 0 aliphatic rings. The van der Waals surface area contributed by atoms with Gasteiger partial charge in [0.15, 0.2) is 0 Å². The maximum absolute atomic E-state index is 12.2. The number of carbonyl (C=O) groups excluding carboxylic acids is 2. The molecule has 0 saturated heterocycles. The zero-order valence-corrected chi connectivity index (χ0v) is 15.6. The number of nitrogens with one attached hydrogen (secondary N) is 2. The summed E-state index contributed by atoms with van der Waals surface area (Å²) in [5.41, 5.74) is -0.0652. The Balaban J connectivity index is 2.44. The molecule has 0 radical (unpaired) electrons. The summed E-state index contributed by atoms with van der Waals surface area (Å²) >= 11 is 0. The van der Waals surface area contributed by atoms with Crippen LogP contribution in [-0.4, -0.2) is 29.2 Å². The molecular weight excluding hydrogens is 304 g/mol. The van der Waals surface area contributed by atoms with Gasteiger partial charge >= 0.3 is 6.09 Å². The van der Waals surface area contributed by atoms with Crippen molar-refractivity contribution in [2.24, 2.45) is 0 Å². The lowest BCUT2D eigenvalue weighted by atomic mass is 9.96. The van der Waals surface area contributed by atoms with Gasteiger partial charge in [-0.3, -0.25) is 4.79 Å². The lowest BCUT2D eigenvalue weighted by Crippen LogP contribution is -2.44. The highest BCUT2D eigenvalue weighted by atomic mass is 16.6. The van der Waals surface area contributed by atoms with Gasteiger partial charge in [0.2, 0.25) is 0 Å². The van der Waals surface area contributed by atoms with Crippen LogP contribution in [0.3, 0.4) is 0 Å². The standard InChI is InChI=1S/C19H30N2O3/c1-14(24-17(23)21-18(2,3)4)12-13-19(5,6)20-16(22)15-10-8-7-9-11-15/h7-11,14H,12-13H2,1-6H3,(H,20,22)(H,21,23). The van der Waals surface area contributed by atoms with E-state index in [0.29, 0.717) is 18.4 Å². The van der Waals surface area contributed by atoms with Crippen LogP contribution < -0.4 is 10.6 Å². The van der Waals surface area contributed by atoms with Crippen LogP contribution in [0.15, 0.2) is 30.3 Å². The minimum atomic E-state index is -0.416. The maximum Gasteiger partial charge on any atom is 0.407 e. The molecule has 1 aromatic rings. The molecule has 0 saturated carbocycles. The van der Waals surface area contributed by atoms with Gasteiger partial charge in [-0.15, -0.1) is 0 Å². The fraction of sp³-hybridized carbons (Fsp3) is 0.579. The smallest absolute Gasteiger partial charge is 0.407 e. The summed E-state index contributed by atoms with van der Waals surface area (Å²) in [4.78, 5) is 24.0. The van der Waals surface area contributed by atoms with Crippen molar-refractivity contribution in [3.63, 3.8) is 0 Å². The molecule has 0 bridgehead atoms. The molecule has 1 aromatic carbocycles. The molecule has 0 spiro atoms. The van der Waals surface area contributed by atoms with Crippen LogP contribution in [0.2, 0.25) is 0 Å². The average molecular weight is 334 g/mol. The van der Waals surface area contributed by atoms with E-state index in [1.54, 1.807) is 12.1 Å². The summed E-state index contributed by atoms with van der Waals surface area (Å²) in [7, 11) is 0. The lowest BCUT2D eigenvalue weighted by Gasteiger charge is -2.28. The summed E-state index contributed by atoms with van der Waals surface area (Å²) in [5.74, 6) is -0.0975. The van der Waals surface area contributed by atoms with E-state index < -0.39 is 6.09 Å². The van der Waals surface area contributed by atoms with Crippen molar-refractivity contribution in [2.75, 3.05) is 0 Å². The number of alkyl carbamates (subject to hydrolysis) is 1. The van der Waals surface area contributed by atoms with Crippen LogP contribution in [0.25, 0.3) is 0 Å². The third-order valence-electron chi connectivity index (χ3n) is 3.45. The second-order valence-corrected chi connectivity index (χ2v) is 7.83. The SMILES string of the molecule is CC(CCC(C)(C)NC(=O)c1ccccc1)OC(=O)NC(C)(C)C. The number of ether oxygens (including phenoxy) is 1. The van der Waals surface area contributed by atoms with Crippen LogP contribution in [0, 0.1) is 0 Å². The number of hydrogen-bond acceptors (Lipinski definition) is 3. The lowest BCUT2D eigenvalue weighted by molar-refractivity contribution is 0.0826. The third-order valence-corrected chi connectivity index (χ3v) is 3.45. The van der Waals surface area contributed by atoms with Gasteiger partial charge in [0, 0.05) is 16.6 Å². The van der Waals surface area contributed by atoms with Crippen molar-refractivity contribution >= 4 is 12.0 Å². The monoisotopic (exact) mass is 334 g/mol. The molecule has 2 N–H and O–H groups in total. The van der Waals surface area contributed by atoms with Gasteiger partial charge in [-0.05, 0) is 66.5 Å². The Morgan fingerprint density at radius 3 is 2.17 bits per heavy atom. The molecular formula is C19H30N2O3. The van der Waals surface area contributed by atoms with Crippen molar-refractivity contribution in [1.29, 1.82) is 0 Å². The van der Waals surface area contributed by atoms with Crippen LogP contribution in [0.1, 0.15) is 64.7 Å². The molecule has 1 unspecified atom stereocenters. The van der Waals surface area contributed by atoms with Crippen LogP contribution >= 0.6 is 0 Å². The second kappa shape index (κ2) is 8.18. The molecule has 0 aromatic heterocycles. The largest absolute Gasteiger partial charge is 0.447 e. The van der Waals surface area contributed by atoms with E-state index in [2.05, 4.69) is 10.6 Å². The summed E-state index contributed by atoms with van der Waals surface area (Å²) in [6.07, 6.45) is 0.733. The van der Waals surface area contributed by atoms with Crippen molar-refractivity contribution < 1.29 is 14.3 Å². The van der Waals surface area contributed by atoms with Gasteiger partial charge < -0.3 is 15.4 Å². The predicted octanol–water partition coefficient (Wildman–Crippen LogP) is 3.89. The van der Waals surface area contributed by atoms with Gasteiger partial charge in [-0.1, -0.05) is 18.2 Å². The normalized spacial score (nSPS) is 13.1. The van der Waals surface area contributed by atoms with Gasteiger partial charge in [-0.25, -0.2) is 4.79 Å². The first-order chi connectivity index (χ1) is 11.0. The first-order valence-corrected chi connectivity index (χ1v) is 8.35. The Bertz CT molecular complexity index is 547. The fourth-order valence-corrected chi connectivity index (χ4v) is 2.17. The number of rotatable bonds is 6. The molecule has 5 heteroatoms. The van der Waals surface area contributed by atoms with E-state index in [1.807, 2.05) is 59.7 Å². The second-order valence-electron chi connectivity index (χ2n) is 7.83. The first kappa shape index (κ1) is 20.0. The van der Waals surface area contributed by atoms with Gasteiger partial charge in [-0.2, -0.15) is 0 Å². The molecule has 0 fully saturated rings. The van der Waals surface area contributed by atoms with Crippen molar-refractivity contribution in [3.05, 3.63) is 35.9 Å². The molecule has 1 rings (SSSR count). The number of carbonyl (C=O) groups is 2. The highest BCUT2D eigenvalue weighted by Gasteiger charge is 2.23. The van der Waals surface area contributed by atoms with Crippen LogP contribution in [0.5, 0.6) is 0 Å². The van der Waals surface area contributed by atoms with Crippen molar-refractivity contribution in [1.82, 2.24) is 10.6 Å². The number of hydrogen-bond donors (Lipinski definition) is 2. The highest BCUT2D eigenvalue weighted by molar-refractivity contribution is 5.94. The van der Waals surface area contributed by atoms with Gasteiger partial charge in [0.05, 0.1) is 0 Å². The minimum absolute atomic E-state index is 0.0975. The van der Waals surface area contributed by atoms with Gasteiger partial charge in [0.1, 0.15) is 6.10 Å². The Labute approximate surface area is 145 Å². The van der Waals surface area contributed by atoms with E-state index in [1.165, 1.54) is 0 Å². The third kappa shape index (κ3) is 7.99. The van der Waals surface area contributed by atoms with Crippen molar-refractivity contribution in [2.45, 2.75) is 71.6 Å². The molecule has 0 aliphatic carbocycles. The molecule has 0 aliphatic heterocycles. The number of amides is 2. The Kier molecular flexibility index (Phi) is 6.81. The molecule has 24 heavy (non-hydrogen) atoms. The predicted molar refractivity (Wildman–Crippen MR) is 96.1 cm³/mol. The quantitative estimate of drug-likeness (QED) is 0.829. The van der Waals surface area contributed by atoms with Crippen LogP contribution in [-0.2, 0) is 4.74 Å². The molecule has 1 atom stereocenters. The zero-order valence-electron chi connectivity index (χ0n) is 15.6. The average Bonchev–Trinajstić information content (AvgIpc) is 2.43. The van der Waals surface area contributed by atoms with E-state index in [4.69, 9.17) is 4.74 Å². The fourth-order valence-electron chi connectivity index (χ4n) is 2.17. The Morgan fingerprint density at radius 2 is 1.62 bits per heavy atom. The Hall–Kier alpha value is -2.04. The minimum Gasteiger partial charge on any atom is -0.447 e. The van der Waals surface area contributed by atoms with E-state index >= 15 is 0 Å². The summed E-state index contributed by atoms with van der Waals surface area (Å²) in [6.45, 7) is 11.5. The molecule has 134 valence electrons. The first-order valence-electron chi connectivity index (χ1n) is 8.35. The van der Waals surface area contributed by atoms with Gasteiger partial charge in [0.25, 0.3) is 5.91 Å². The van der Waals surface area contributed by atoms with E-state index in [0.717, 1.165) is 0 Å². The molecule has 0 heterocycles. The molecule has 5 nitrogen and oxygen atoms in total.